The lowest BCUT2D eigenvalue weighted by Crippen LogP contribution is -2.42. The van der Waals surface area contributed by atoms with E-state index in [1.807, 2.05) is 43.3 Å². The summed E-state index contributed by atoms with van der Waals surface area (Å²) in [7, 11) is 0. The standard InChI is InChI=1S/C37H56N6O2/c1-6-8-18-31(24-34(29(5)14-7-2)39-26-28(3)4)35-25-36(43(42-35)33-19-10-9-11-20-33)41-37(45)40-32(27-44)21-23-38-22-13-17-30-15-12-16-30/h8-11,18-20,24-25,30,32,38-39,44H,3,6-7,12-17,21-23,26-27H2,1-2,4-5H3,(H2,40,41,45)/b18-8-,31-24+,34-29-/t32-/m1/s1. The van der Waals surface area contributed by atoms with Crippen LogP contribution < -0.4 is 21.3 Å². The first-order chi connectivity index (χ1) is 21.8. The van der Waals surface area contributed by atoms with Gasteiger partial charge in [0.2, 0.25) is 0 Å². The Balaban J connectivity index is 1.80. The minimum atomic E-state index is -0.375. The zero-order chi connectivity index (χ0) is 32.4. The number of allylic oxidation sites excluding steroid dienone is 5. The number of carbonyl (C=O) groups is 1. The number of aliphatic hydroxyl groups excluding tert-OH is 1. The maximum atomic E-state index is 13.2. The monoisotopic (exact) mass is 616 g/mol. The molecule has 0 aliphatic heterocycles. The molecule has 1 aliphatic rings. The van der Waals surface area contributed by atoms with Crippen LogP contribution in [-0.4, -0.2) is 53.2 Å². The Morgan fingerprint density at radius 3 is 2.60 bits per heavy atom. The summed E-state index contributed by atoms with van der Waals surface area (Å²) in [6.45, 7) is 14.8. The van der Waals surface area contributed by atoms with Gasteiger partial charge < -0.3 is 21.1 Å². The maximum absolute atomic E-state index is 13.2. The van der Waals surface area contributed by atoms with Crippen molar-refractivity contribution in [2.24, 2.45) is 5.92 Å². The van der Waals surface area contributed by atoms with Gasteiger partial charge >= 0.3 is 6.03 Å². The molecule has 5 N–H and O–H groups in total. The maximum Gasteiger partial charge on any atom is 0.320 e. The van der Waals surface area contributed by atoms with Crippen LogP contribution in [0.2, 0.25) is 0 Å². The van der Waals surface area contributed by atoms with Gasteiger partial charge in [0.05, 0.1) is 24.0 Å². The number of aromatic nitrogens is 2. The van der Waals surface area contributed by atoms with Crippen molar-refractivity contribution in [2.75, 3.05) is 31.6 Å². The number of carbonyl (C=O) groups excluding carboxylic acids is 1. The highest BCUT2D eigenvalue weighted by atomic mass is 16.3. The predicted molar refractivity (Wildman–Crippen MR) is 188 cm³/mol. The molecule has 0 spiro atoms. The van der Waals surface area contributed by atoms with Crippen LogP contribution in [0.4, 0.5) is 10.6 Å². The largest absolute Gasteiger partial charge is 0.394 e. The number of nitrogens with one attached hydrogen (secondary N) is 4. The zero-order valence-corrected chi connectivity index (χ0v) is 28.0. The first kappa shape index (κ1) is 35.9. The molecule has 1 heterocycles. The average Bonchev–Trinajstić information content (AvgIpc) is 3.42. The molecule has 1 aromatic carbocycles. The predicted octanol–water partition coefficient (Wildman–Crippen LogP) is 7.50. The van der Waals surface area contributed by atoms with Crippen LogP contribution in [0.25, 0.3) is 11.3 Å². The number of hydrogen-bond donors (Lipinski definition) is 5. The van der Waals surface area contributed by atoms with E-state index in [4.69, 9.17) is 5.10 Å². The highest BCUT2D eigenvalue weighted by molar-refractivity contribution is 5.90. The van der Waals surface area contributed by atoms with Crippen LogP contribution in [0.1, 0.15) is 91.2 Å². The van der Waals surface area contributed by atoms with E-state index in [9.17, 15) is 9.90 Å². The van der Waals surface area contributed by atoms with Gasteiger partial charge in [0.1, 0.15) is 5.82 Å². The number of urea groups is 1. The van der Waals surface area contributed by atoms with Crippen molar-refractivity contribution in [3.63, 3.8) is 0 Å². The van der Waals surface area contributed by atoms with Crippen molar-refractivity contribution in [3.05, 3.63) is 83.7 Å². The van der Waals surface area contributed by atoms with Gasteiger partial charge in [-0.15, -0.1) is 0 Å². The molecule has 0 unspecified atom stereocenters. The number of anilines is 1. The second-order valence-corrected chi connectivity index (χ2v) is 12.3. The van der Waals surface area contributed by atoms with Crippen molar-refractivity contribution in [1.82, 2.24) is 25.7 Å². The van der Waals surface area contributed by atoms with Gasteiger partial charge in [-0.3, -0.25) is 5.32 Å². The van der Waals surface area contributed by atoms with Crippen molar-refractivity contribution in [3.8, 4) is 5.69 Å². The summed E-state index contributed by atoms with van der Waals surface area (Å²) in [4.78, 5) is 13.2. The summed E-state index contributed by atoms with van der Waals surface area (Å²) < 4.78 is 1.75. The Hall–Kier alpha value is -3.62. The summed E-state index contributed by atoms with van der Waals surface area (Å²) in [6.07, 6.45) is 16.5. The zero-order valence-electron chi connectivity index (χ0n) is 28.0. The minimum Gasteiger partial charge on any atom is -0.394 e. The third-order valence-corrected chi connectivity index (χ3v) is 8.16. The van der Waals surface area contributed by atoms with Crippen LogP contribution >= 0.6 is 0 Å². The van der Waals surface area contributed by atoms with E-state index in [2.05, 4.69) is 66.8 Å². The average molecular weight is 617 g/mol. The number of para-hydroxylation sites is 1. The smallest absolute Gasteiger partial charge is 0.320 e. The second-order valence-electron chi connectivity index (χ2n) is 12.3. The lowest BCUT2D eigenvalue weighted by Gasteiger charge is -2.25. The van der Waals surface area contributed by atoms with E-state index in [1.54, 1.807) is 4.68 Å². The van der Waals surface area contributed by atoms with E-state index in [0.717, 1.165) is 66.5 Å². The van der Waals surface area contributed by atoms with Gasteiger partial charge in [0, 0.05) is 23.9 Å². The lowest BCUT2D eigenvalue weighted by molar-refractivity contribution is 0.220. The van der Waals surface area contributed by atoms with E-state index in [0.29, 0.717) is 18.8 Å². The first-order valence-corrected chi connectivity index (χ1v) is 16.9. The number of amides is 2. The van der Waals surface area contributed by atoms with Crippen LogP contribution in [-0.2, 0) is 0 Å². The molecule has 8 nitrogen and oxygen atoms in total. The number of rotatable bonds is 20. The van der Waals surface area contributed by atoms with Gasteiger partial charge in [-0.2, -0.15) is 5.10 Å². The fraction of sp³-hybridized carbons (Fsp3) is 0.514. The molecule has 1 fully saturated rings. The number of benzene rings is 1. The van der Waals surface area contributed by atoms with Crippen molar-refractivity contribution < 1.29 is 9.90 Å². The Bertz CT molecular complexity index is 1290. The van der Waals surface area contributed by atoms with Gasteiger partial charge in [-0.1, -0.05) is 87.6 Å². The van der Waals surface area contributed by atoms with Gasteiger partial charge in [0.25, 0.3) is 0 Å². The van der Waals surface area contributed by atoms with E-state index >= 15 is 0 Å². The van der Waals surface area contributed by atoms with Crippen molar-refractivity contribution >= 4 is 17.4 Å². The minimum absolute atomic E-state index is 0.127. The van der Waals surface area contributed by atoms with Gasteiger partial charge in [-0.05, 0) is 83.2 Å². The molecule has 0 radical (unpaired) electrons. The molecule has 2 aromatic rings. The van der Waals surface area contributed by atoms with Crippen molar-refractivity contribution in [2.45, 2.75) is 91.5 Å². The third kappa shape index (κ3) is 12.4. The van der Waals surface area contributed by atoms with E-state index in [1.165, 1.54) is 37.7 Å². The summed E-state index contributed by atoms with van der Waals surface area (Å²) in [5, 5.41) is 27.9. The summed E-state index contributed by atoms with van der Waals surface area (Å²) in [5.74, 6) is 1.46. The Labute approximate surface area is 271 Å². The highest BCUT2D eigenvalue weighted by Crippen LogP contribution is 2.30. The molecular formula is C37H56N6O2. The molecule has 3 rings (SSSR count). The third-order valence-electron chi connectivity index (χ3n) is 8.16. The molecule has 1 saturated carbocycles. The molecule has 1 aliphatic carbocycles. The molecule has 2 amide bonds. The lowest BCUT2D eigenvalue weighted by atomic mass is 9.82. The van der Waals surface area contributed by atoms with Crippen LogP contribution in [0.3, 0.4) is 0 Å². The van der Waals surface area contributed by atoms with Crippen LogP contribution in [0, 0.1) is 5.92 Å². The Morgan fingerprint density at radius 2 is 1.96 bits per heavy atom. The van der Waals surface area contributed by atoms with Crippen molar-refractivity contribution in [1.29, 1.82) is 0 Å². The quantitative estimate of drug-likeness (QED) is 0.0602. The normalized spacial score (nSPS) is 15.0. The van der Waals surface area contributed by atoms with Crippen LogP contribution in [0.15, 0.2) is 78.0 Å². The molecule has 0 saturated heterocycles. The second kappa shape index (κ2) is 19.7. The molecular weight excluding hydrogens is 560 g/mol. The number of nitrogens with zero attached hydrogens (tertiary/aromatic N) is 2. The Morgan fingerprint density at radius 1 is 1.18 bits per heavy atom. The number of aliphatic hydroxyl groups is 1. The SMILES string of the molecule is C=C(C)CNC(/C=C(\C=C/CC)c1cc(NC(=O)N[C@@H](CO)CCNCCCC2CCC2)n(-c2ccccc2)n1)=C(/C)CCC. The summed E-state index contributed by atoms with van der Waals surface area (Å²) in [5.41, 5.74) is 5.89. The topological polar surface area (TPSA) is 103 Å². The van der Waals surface area contributed by atoms with Crippen LogP contribution in [0.5, 0.6) is 0 Å². The Kier molecular flexibility index (Phi) is 15.7. The summed E-state index contributed by atoms with van der Waals surface area (Å²) >= 11 is 0. The highest BCUT2D eigenvalue weighted by Gasteiger charge is 2.18. The van der Waals surface area contributed by atoms with E-state index < -0.39 is 0 Å². The molecule has 1 aromatic heterocycles. The van der Waals surface area contributed by atoms with Gasteiger partial charge in [-0.25, -0.2) is 9.48 Å². The molecule has 1 atom stereocenters. The molecule has 45 heavy (non-hydrogen) atoms. The molecule has 8 heteroatoms. The first-order valence-electron chi connectivity index (χ1n) is 16.9. The fourth-order valence-corrected chi connectivity index (χ4v) is 5.31. The fourth-order valence-electron chi connectivity index (χ4n) is 5.31. The van der Waals surface area contributed by atoms with Gasteiger partial charge in [0.15, 0.2) is 0 Å². The molecule has 246 valence electrons. The molecule has 0 bridgehead atoms. The number of hydrogen-bond acceptors (Lipinski definition) is 5. The van der Waals surface area contributed by atoms with E-state index in [-0.39, 0.29) is 18.7 Å². The summed E-state index contributed by atoms with van der Waals surface area (Å²) in [6, 6.07) is 11.0.